The number of benzene rings is 2. The average molecular weight is 536 g/mol. The zero-order valence-corrected chi connectivity index (χ0v) is 21.7. The maximum Gasteiger partial charge on any atom is 0.311 e. The predicted molar refractivity (Wildman–Crippen MR) is 138 cm³/mol. The fraction of sp³-hybridized carbons (Fsp3) is 0.481. The molecule has 8 nitrogen and oxygen atoms in total. The van der Waals surface area contributed by atoms with Gasteiger partial charge in [-0.3, -0.25) is 9.59 Å². The first-order valence-electron chi connectivity index (χ1n) is 12.3. The summed E-state index contributed by atoms with van der Waals surface area (Å²) in [6.45, 7) is 3.31. The first-order valence-corrected chi connectivity index (χ1v) is 12.7. The Morgan fingerprint density at radius 1 is 1.22 bits per heavy atom. The lowest BCUT2D eigenvalue weighted by atomic mass is 9.80. The number of esters is 1. The third-order valence-electron chi connectivity index (χ3n) is 6.74. The van der Waals surface area contributed by atoms with Gasteiger partial charge in [0.25, 0.3) is 0 Å². The minimum Gasteiger partial charge on any atom is -0.460 e. The minimum absolute atomic E-state index is 0.0804. The molecule has 6 N–H and O–H groups in total. The summed E-state index contributed by atoms with van der Waals surface area (Å²) in [6, 6.07) is 11.8. The molecule has 1 saturated heterocycles. The lowest BCUT2D eigenvalue weighted by Crippen LogP contribution is -2.47. The van der Waals surface area contributed by atoms with E-state index in [0.717, 1.165) is 5.56 Å². The number of hydrogen-bond donors (Lipinski definition) is 5. The van der Waals surface area contributed by atoms with Gasteiger partial charge < -0.3 is 31.3 Å². The minimum atomic E-state index is -0.962. The van der Waals surface area contributed by atoms with Gasteiger partial charge in [0, 0.05) is 24.5 Å². The van der Waals surface area contributed by atoms with Gasteiger partial charge in [0.2, 0.25) is 5.91 Å². The van der Waals surface area contributed by atoms with E-state index in [0.29, 0.717) is 0 Å². The summed E-state index contributed by atoms with van der Waals surface area (Å²) in [5, 5.41) is 24.4. The molecule has 0 bridgehead atoms. The molecule has 0 aliphatic carbocycles. The zero-order valence-electron chi connectivity index (χ0n) is 21.0. The van der Waals surface area contributed by atoms with Gasteiger partial charge in [-0.2, -0.15) is 0 Å². The number of nitrogens with two attached hydrogens (primary N) is 1. The van der Waals surface area contributed by atoms with Crippen molar-refractivity contribution in [3.8, 4) is 0 Å². The molecule has 1 heterocycles. The van der Waals surface area contributed by atoms with Crippen molar-refractivity contribution in [1.29, 1.82) is 0 Å². The zero-order chi connectivity index (χ0) is 27.2. The topological polar surface area (TPSA) is 134 Å². The van der Waals surface area contributed by atoms with E-state index in [1.807, 2.05) is 30.3 Å². The van der Waals surface area contributed by atoms with Gasteiger partial charge in [0.05, 0.1) is 29.2 Å². The fourth-order valence-electron chi connectivity index (χ4n) is 4.63. The highest BCUT2D eigenvalue weighted by molar-refractivity contribution is 6.30. The van der Waals surface area contributed by atoms with Crippen molar-refractivity contribution in [3.63, 3.8) is 0 Å². The van der Waals surface area contributed by atoms with Gasteiger partial charge in [-0.05, 0) is 43.9 Å². The molecule has 0 saturated carbocycles. The lowest BCUT2D eigenvalue weighted by Gasteiger charge is -2.28. The Morgan fingerprint density at radius 3 is 2.59 bits per heavy atom. The first-order chi connectivity index (χ1) is 17.5. The quantitative estimate of drug-likeness (QED) is 0.279. The van der Waals surface area contributed by atoms with Crippen LogP contribution in [0.4, 0.5) is 4.39 Å². The monoisotopic (exact) mass is 535 g/mol. The van der Waals surface area contributed by atoms with Crippen LogP contribution in [-0.2, 0) is 20.9 Å². The lowest BCUT2D eigenvalue weighted by molar-refractivity contribution is -0.156. The van der Waals surface area contributed by atoms with Crippen LogP contribution in [0.2, 0.25) is 5.02 Å². The van der Waals surface area contributed by atoms with Crippen LogP contribution in [0.25, 0.3) is 0 Å². The Labute approximate surface area is 221 Å². The van der Waals surface area contributed by atoms with Crippen LogP contribution in [0.3, 0.4) is 0 Å². The molecule has 1 amide bonds. The highest BCUT2D eigenvalue weighted by Gasteiger charge is 2.48. The molecular weight excluding hydrogens is 501 g/mol. The van der Waals surface area contributed by atoms with Gasteiger partial charge in [-0.1, -0.05) is 54.1 Å². The molecule has 5 atom stereocenters. The Morgan fingerprint density at radius 2 is 1.92 bits per heavy atom. The van der Waals surface area contributed by atoms with Gasteiger partial charge >= 0.3 is 5.97 Å². The molecule has 1 aliphatic heterocycles. The molecule has 37 heavy (non-hydrogen) atoms. The Bertz CT molecular complexity index is 1070. The number of nitrogens with one attached hydrogen (secondary N) is 2. The van der Waals surface area contributed by atoms with Crippen molar-refractivity contribution < 1.29 is 28.9 Å². The second kappa shape index (κ2) is 12.8. The van der Waals surface area contributed by atoms with E-state index in [4.69, 9.17) is 27.2 Å². The Balaban J connectivity index is 1.77. The average Bonchev–Trinajstić information content (AvgIpc) is 3.19. The second-order valence-corrected chi connectivity index (χ2v) is 10.5. The summed E-state index contributed by atoms with van der Waals surface area (Å²) in [7, 11) is 0. The number of hydrogen-bond acceptors (Lipinski definition) is 7. The van der Waals surface area contributed by atoms with Gasteiger partial charge in [0.1, 0.15) is 12.4 Å². The van der Waals surface area contributed by atoms with E-state index in [1.54, 1.807) is 26.0 Å². The van der Waals surface area contributed by atoms with Crippen LogP contribution >= 0.6 is 11.6 Å². The van der Waals surface area contributed by atoms with E-state index in [1.165, 1.54) is 6.07 Å². The molecule has 3 rings (SSSR count). The highest BCUT2D eigenvalue weighted by atomic mass is 35.5. The van der Waals surface area contributed by atoms with Crippen molar-refractivity contribution in [2.45, 2.75) is 63.4 Å². The largest absolute Gasteiger partial charge is 0.460 e. The summed E-state index contributed by atoms with van der Waals surface area (Å²) in [5.41, 5.74) is 6.72. The van der Waals surface area contributed by atoms with Crippen LogP contribution < -0.4 is 16.4 Å². The number of halogens is 2. The smallest absolute Gasteiger partial charge is 0.311 e. The number of aliphatic hydroxyl groups excluding tert-OH is 2. The third-order valence-corrected chi connectivity index (χ3v) is 7.03. The van der Waals surface area contributed by atoms with E-state index in [2.05, 4.69) is 10.6 Å². The van der Waals surface area contributed by atoms with Crippen molar-refractivity contribution in [1.82, 2.24) is 10.6 Å². The fourth-order valence-corrected chi connectivity index (χ4v) is 4.81. The van der Waals surface area contributed by atoms with Crippen LogP contribution in [0.1, 0.15) is 43.7 Å². The summed E-state index contributed by atoms with van der Waals surface area (Å²) in [6.07, 6.45) is -0.565. The van der Waals surface area contributed by atoms with Crippen LogP contribution in [0.5, 0.6) is 0 Å². The molecule has 0 spiro atoms. The number of aliphatic hydroxyl groups is 2. The molecule has 10 heteroatoms. The van der Waals surface area contributed by atoms with Gasteiger partial charge in [-0.25, -0.2) is 4.39 Å². The first kappa shape index (κ1) is 29.0. The maximum atomic E-state index is 15.0. The predicted octanol–water partition coefficient (Wildman–Crippen LogP) is 2.25. The third kappa shape index (κ3) is 7.27. The van der Waals surface area contributed by atoms with E-state index in [9.17, 15) is 14.7 Å². The van der Waals surface area contributed by atoms with Gasteiger partial charge in [-0.15, -0.1) is 0 Å². The van der Waals surface area contributed by atoms with Gasteiger partial charge in [0.15, 0.2) is 0 Å². The summed E-state index contributed by atoms with van der Waals surface area (Å²) in [5.74, 6) is -2.26. The molecule has 0 aromatic heterocycles. The van der Waals surface area contributed by atoms with Crippen molar-refractivity contribution in [3.05, 3.63) is 70.5 Å². The number of ether oxygens (including phenoxy) is 1. The number of carbonyl (C=O) groups is 2. The van der Waals surface area contributed by atoms with Crippen molar-refractivity contribution in [2.24, 2.45) is 11.1 Å². The molecule has 1 aliphatic rings. The Hall–Kier alpha value is -2.56. The SMILES string of the molecule is CC(C)(C[C@@H]1N[C@@H](C(=O)NCC[C@H](O)CO)[C@H](c2cccc(Cl)c2F)C1N)C(=O)OCc1ccccc1. The molecule has 1 fully saturated rings. The van der Waals surface area contributed by atoms with E-state index in [-0.39, 0.29) is 36.6 Å². The van der Waals surface area contributed by atoms with Crippen LogP contribution in [0.15, 0.2) is 48.5 Å². The molecule has 202 valence electrons. The standard InChI is InChI=1S/C27H35ClFN3O5/c1-27(2,26(36)37-15-16-7-4-3-5-8-16)13-20-23(30)21(18-9-6-10-19(28)22(18)29)24(32-20)25(35)31-12-11-17(34)14-33/h3-10,17,20-21,23-24,32-34H,11-15,30H2,1-2H3,(H,31,35)/t17-,20-,21+,23?,24+/m0/s1. The molecule has 2 aromatic rings. The normalized spacial score (nSPS) is 22.5. The number of amides is 1. The molecule has 0 radical (unpaired) electrons. The molecule has 1 unspecified atom stereocenters. The van der Waals surface area contributed by atoms with Crippen LogP contribution in [-0.4, -0.2) is 59.5 Å². The Kier molecular flexibility index (Phi) is 10.0. The number of carbonyl (C=O) groups excluding carboxylic acids is 2. The highest BCUT2D eigenvalue weighted by Crippen LogP contribution is 2.38. The van der Waals surface area contributed by atoms with E-state index >= 15 is 4.39 Å². The molecule has 2 aromatic carbocycles. The molecular formula is C27H35ClFN3O5. The van der Waals surface area contributed by atoms with Crippen molar-refractivity contribution >= 4 is 23.5 Å². The van der Waals surface area contributed by atoms with Crippen LogP contribution in [0, 0.1) is 11.2 Å². The van der Waals surface area contributed by atoms with Crippen molar-refractivity contribution in [2.75, 3.05) is 13.2 Å². The second-order valence-electron chi connectivity index (χ2n) is 10.1. The maximum absolute atomic E-state index is 15.0. The summed E-state index contributed by atoms with van der Waals surface area (Å²) < 4.78 is 20.6. The van der Waals surface area contributed by atoms with E-state index < -0.39 is 59.9 Å². The number of rotatable bonds is 11. The summed E-state index contributed by atoms with van der Waals surface area (Å²) in [4.78, 5) is 26.1. The summed E-state index contributed by atoms with van der Waals surface area (Å²) >= 11 is 6.02.